The third-order valence-corrected chi connectivity index (χ3v) is 4.56. The fourth-order valence-corrected chi connectivity index (χ4v) is 3.45. The number of hydrogen-bond donors (Lipinski definition) is 1. The quantitative estimate of drug-likeness (QED) is 0.908. The van der Waals surface area contributed by atoms with Gasteiger partial charge in [0.2, 0.25) is 0 Å². The Bertz CT molecular complexity index is 412. The second-order valence-electron chi connectivity index (χ2n) is 5.47. The molecule has 1 N–H and O–H groups in total. The Balaban J connectivity index is 1.50. The van der Waals surface area contributed by atoms with Crippen LogP contribution in [0.15, 0.2) is 22.9 Å². The smallest absolute Gasteiger partial charge is 0.0410 e. The molecule has 1 atom stereocenters. The van der Waals surface area contributed by atoms with E-state index < -0.39 is 0 Å². The molecule has 104 valence electrons. The summed E-state index contributed by atoms with van der Waals surface area (Å²) in [7, 11) is 0. The molecule has 1 unspecified atom stereocenters. The van der Waals surface area contributed by atoms with Gasteiger partial charge in [-0.25, -0.2) is 0 Å². The summed E-state index contributed by atoms with van der Waals surface area (Å²) >= 11 is 3.49. The average Bonchev–Trinajstić information content (AvgIpc) is 2.94. The van der Waals surface area contributed by atoms with Crippen molar-refractivity contribution in [1.82, 2.24) is 20.1 Å². The molecule has 2 saturated heterocycles. The molecule has 0 radical (unpaired) electrons. The second kappa shape index (κ2) is 6.31. The third-order valence-electron chi connectivity index (χ3n) is 4.13. The van der Waals surface area contributed by atoms with Crippen molar-refractivity contribution in [3.8, 4) is 0 Å². The van der Waals surface area contributed by atoms with Crippen molar-refractivity contribution in [2.75, 3.05) is 39.3 Å². The molecule has 0 aromatic carbocycles. The first kappa shape index (κ1) is 13.5. The van der Waals surface area contributed by atoms with Crippen LogP contribution in [0.4, 0.5) is 0 Å². The summed E-state index contributed by atoms with van der Waals surface area (Å²) in [4.78, 5) is 9.41. The molecule has 1 aromatic heterocycles. The molecule has 2 aliphatic heterocycles. The highest BCUT2D eigenvalue weighted by atomic mass is 79.9. The molecule has 0 amide bonds. The van der Waals surface area contributed by atoms with Crippen molar-refractivity contribution in [1.29, 1.82) is 0 Å². The van der Waals surface area contributed by atoms with E-state index in [0.29, 0.717) is 0 Å². The van der Waals surface area contributed by atoms with Crippen LogP contribution in [0.3, 0.4) is 0 Å². The first-order valence-electron chi connectivity index (χ1n) is 7.08. The van der Waals surface area contributed by atoms with Gasteiger partial charge in [-0.1, -0.05) is 0 Å². The van der Waals surface area contributed by atoms with Crippen molar-refractivity contribution in [3.05, 3.63) is 28.5 Å². The minimum atomic E-state index is 0.773. The lowest BCUT2D eigenvalue weighted by molar-refractivity contribution is 0.0980. The van der Waals surface area contributed by atoms with Crippen LogP contribution < -0.4 is 5.32 Å². The highest BCUT2D eigenvalue weighted by Crippen LogP contribution is 2.15. The maximum absolute atomic E-state index is 4.24. The van der Waals surface area contributed by atoms with E-state index in [1.165, 1.54) is 51.3 Å². The Morgan fingerprint density at radius 1 is 1.26 bits per heavy atom. The first-order chi connectivity index (χ1) is 9.31. The van der Waals surface area contributed by atoms with Crippen molar-refractivity contribution in [3.63, 3.8) is 0 Å². The van der Waals surface area contributed by atoms with Crippen LogP contribution in [0.5, 0.6) is 0 Å². The Hall–Kier alpha value is -0.490. The molecule has 2 fully saturated rings. The maximum Gasteiger partial charge on any atom is 0.0410 e. The molecule has 3 rings (SSSR count). The molecule has 0 aliphatic carbocycles. The van der Waals surface area contributed by atoms with Gasteiger partial charge in [0.25, 0.3) is 0 Å². The first-order valence-corrected chi connectivity index (χ1v) is 7.87. The van der Waals surface area contributed by atoms with Crippen LogP contribution in [-0.4, -0.2) is 60.1 Å². The van der Waals surface area contributed by atoms with E-state index in [2.05, 4.69) is 42.1 Å². The Morgan fingerprint density at radius 3 is 2.79 bits per heavy atom. The molecule has 1 aromatic rings. The topological polar surface area (TPSA) is 31.4 Å². The van der Waals surface area contributed by atoms with Gasteiger partial charge in [0.1, 0.15) is 0 Å². The van der Waals surface area contributed by atoms with E-state index in [4.69, 9.17) is 0 Å². The molecular weight excluding hydrogens is 304 g/mol. The fourth-order valence-electron chi connectivity index (χ4n) is 3.04. The number of nitrogens with one attached hydrogen (secondary N) is 1. The van der Waals surface area contributed by atoms with Crippen LogP contribution in [0.25, 0.3) is 0 Å². The molecule has 3 heterocycles. The summed E-state index contributed by atoms with van der Waals surface area (Å²) in [5, 5.41) is 3.46. The molecular formula is C14H21BrN4. The van der Waals surface area contributed by atoms with E-state index in [-0.39, 0.29) is 0 Å². The van der Waals surface area contributed by atoms with Gasteiger partial charge in [-0.05, 0) is 40.5 Å². The number of aromatic nitrogens is 1. The van der Waals surface area contributed by atoms with Crippen LogP contribution >= 0.6 is 15.9 Å². The minimum absolute atomic E-state index is 0.773. The van der Waals surface area contributed by atoms with E-state index in [1.54, 1.807) is 0 Å². The van der Waals surface area contributed by atoms with E-state index >= 15 is 0 Å². The summed E-state index contributed by atoms with van der Waals surface area (Å²) < 4.78 is 1.07. The van der Waals surface area contributed by atoms with Crippen LogP contribution in [-0.2, 0) is 6.54 Å². The minimum Gasteiger partial charge on any atom is -0.315 e. The predicted octanol–water partition coefficient (Wildman–Crippen LogP) is 1.32. The van der Waals surface area contributed by atoms with Gasteiger partial charge in [-0.15, -0.1) is 0 Å². The summed E-state index contributed by atoms with van der Waals surface area (Å²) in [5.74, 6) is 0. The second-order valence-corrected chi connectivity index (χ2v) is 6.39. The predicted molar refractivity (Wildman–Crippen MR) is 80.1 cm³/mol. The van der Waals surface area contributed by atoms with E-state index in [9.17, 15) is 0 Å². The lowest BCUT2D eigenvalue weighted by Gasteiger charge is -2.37. The van der Waals surface area contributed by atoms with Crippen molar-refractivity contribution >= 4 is 15.9 Å². The third kappa shape index (κ3) is 3.54. The fraction of sp³-hybridized carbons (Fsp3) is 0.643. The van der Waals surface area contributed by atoms with Crippen LogP contribution in [0, 0.1) is 0 Å². The van der Waals surface area contributed by atoms with Gasteiger partial charge in [0, 0.05) is 62.2 Å². The number of rotatable bonds is 3. The van der Waals surface area contributed by atoms with Crippen molar-refractivity contribution in [2.24, 2.45) is 0 Å². The van der Waals surface area contributed by atoms with Gasteiger partial charge >= 0.3 is 0 Å². The summed E-state index contributed by atoms with van der Waals surface area (Å²) in [6, 6.07) is 2.94. The highest BCUT2D eigenvalue weighted by Gasteiger charge is 2.25. The highest BCUT2D eigenvalue weighted by molar-refractivity contribution is 9.10. The Morgan fingerprint density at radius 2 is 2.11 bits per heavy atom. The standard InChI is InChI=1S/C14H21BrN4/c15-13-7-12(8-17-9-13)11-18-3-5-19(6-4-18)14-1-2-16-10-14/h7-9,14,16H,1-6,10-11H2. The summed E-state index contributed by atoms with van der Waals surface area (Å²) in [6.45, 7) is 8.13. The molecule has 19 heavy (non-hydrogen) atoms. The van der Waals surface area contributed by atoms with E-state index in [1.807, 2.05) is 12.4 Å². The monoisotopic (exact) mass is 324 g/mol. The van der Waals surface area contributed by atoms with Gasteiger partial charge in [0.05, 0.1) is 0 Å². The SMILES string of the molecule is Brc1cncc(CN2CCN(C3CCNC3)CC2)c1. The van der Waals surface area contributed by atoms with E-state index in [0.717, 1.165) is 17.1 Å². The number of nitrogens with zero attached hydrogens (tertiary/aromatic N) is 3. The maximum atomic E-state index is 4.24. The lowest BCUT2D eigenvalue weighted by Crippen LogP contribution is -2.50. The summed E-state index contributed by atoms with van der Waals surface area (Å²) in [5.41, 5.74) is 1.30. The van der Waals surface area contributed by atoms with Crippen LogP contribution in [0.2, 0.25) is 0 Å². The number of hydrogen-bond acceptors (Lipinski definition) is 4. The summed E-state index contributed by atoms with van der Waals surface area (Å²) in [6.07, 6.45) is 5.13. The zero-order valence-electron chi connectivity index (χ0n) is 11.2. The lowest BCUT2D eigenvalue weighted by atomic mass is 10.1. The van der Waals surface area contributed by atoms with Crippen molar-refractivity contribution in [2.45, 2.75) is 19.0 Å². The van der Waals surface area contributed by atoms with Gasteiger partial charge in [-0.3, -0.25) is 14.8 Å². The molecule has 0 bridgehead atoms. The average molecular weight is 325 g/mol. The zero-order valence-corrected chi connectivity index (χ0v) is 12.8. The molecule has 2 aliphatic rings. The van der Waals surface area contributed by atoms with Gasteiger partial charge < -0.3 is 5.32 Å². The largest absolute Gasteiger partial charge is 0.315 e. The molecule has 0 saturated carbocycles. The van der Waals surface area contributed by atoms with Crippen LogP contribution in [0.1, 0.15) is 12.0 Å². The van der Waals surface area contributed by atoms with Gasteiger partial charge in [0.15, 0.2) is 0 Å². The normalized spacial score (nSPS) is 25.8. The Labute approximate surface area is 123 Å². The number of halogens is 1. The number of pyridine rings is 1. The van der Waals surface area contributed by atoms with Gasteiger partial charge in [-0.2, -0.15) is 0 Å². The molecule has 4 nitrogen and oxygen atoms in total. The zero-order chi connectivity index (χ0) is 13.1. The Kier molecular flexibility index (Phi) is 4.48. The number of piperazine rings is 1. The molecule has 0 spiro atoms. The molecule has 5 heteroatoms. The van der Waals surface area contributed by atoms with Crippen molar-refractivity contribution < 1.29 is 0 Å².